The third-order valence-corrected chi connectivity index (χ3v) is 4.99. The van der Waals surface area contributed by atoms with Crippen LogP contribution in [0.1, 0.15) is 33.6 Å². The van der Waals surface area contributed by atoms with Crippen molar-refractivity contribution in [2.45, 2.75) is 49.3 Å². The SMILES string of the molecule is CCC(CC)(CN)NC(=O)C(C)Sc1ccc(Cl)cc1. The molecule has 1 unspecified atom stereocenters. The zero-order valence-electron chi connectivity index (χ0n) is 12.3. The standard InChI is InChI=1S/C15H23ClN2OS/c1-4-15(5-2,10-17)18-14(19)11(3)20-13-8-6-12(16)7-9-13/h6-9,11H,4-5,10,17H2,1-3H3,(H,18,19). The van der Waals surface area contributed by atoms with Gasteiger partial charge in [-0.2, -0.15) is 0 Å². The van der Waals surface area contributed by atoms with E-state index in [4.69, 9.17) is 17.3 Å². The zero-order chi connectivity index (χ0) is 15.2. The third kappa shape index (κ3) is 4.69. The van der Waals surface area contributed by atoms with Crippen molar-refractivity contribution < 1.29 is 4.79 Å². The smallest absolute Gasteiger partial charge is 0.233 e. The Morgan fingerprint density at radius 1 is 1.35 bits per heavy atom. The van der Waals surface area contributed by atoms with Crippen molar-refractivity contribution in [3.63, 3.8) is 0 Å². The van der Waals surface area contributed by atoms with Crippen molar-refractivity contribution in [1.29, 1.82) is 0 Å². The summed E-state index contributed by atoms with van der Waals surface area (Å²) in [5, 5.41) is 3.63. The van der Waals surface area contributed by atoms with Crippen molar-refractivity contribution in [2.75, 3.05) is 6.54 Å². The second-order valence-corrected chi connectivity index (χ2v) is 6.75. The molecule has 3 nitrogen and oxygen atoms in total. The fourth-order valence-electron chi connectivity index (χ4n) is 1.90. The van der Waals surface area contributed by atoms with E-state index in [1.165, 1.54) is 11.8 Å². The highest BCUT2D eigenvalue weighted by molar-refractivity contribution is 8.00. The molecule has 3 N–H and O–H groups in total. The summed E-state index contributed by atoms with van der Waals surface area (Å²) >= 11 is 7.37. The number of thioether (sulfide) groups is 1. The molecule has 0 aliphatic rings. The first kappa shape index (κ1) is 17.3. The second kappa shape index (κ2) is 7.91. The van der Waals surface area contributed by atoms with E-state index < -0.39 is 0 Å². The van der Waals surface area contributed by atoms with E-state index in [0.29, 0.717) is 11.6 Å². The molecule has 0 aliphatic carbocycles. The van der Waals surface area contributed by atoms with Gasteiger partial charge in [-0.15, -0.1) is 11.8 Å². The van der Waals surface area contributed by atoms with E-state index >= 15 is 0 Å². The van der Waals surface area contributed by atoms with Crippen LogP contribution < -0.4 is 11.1 Å². The summed E-state index contributed by atoms with van der Waals surface area (Å²) in [6.45, 7) is 6.46. The van der Waals surface area contributed by atoms with Crippen LogP contribution in [0.3, 0.4) is 0 Å². The van der Waals surface area contributed by atoms with Gasteiger partial charge in [-0.3, -0.25) is 4.79 Å². The molecule has 0 heterocycles. The highest BCUT2D eigenvalue weighted by Crippen LogP contribution is 2.25. The monoisotopic (exact) mass is 314 g/mol. The summed E-state index contributed by atoms with van der Waals surface area (Å²) in [6, 6.07) is 7.51. The van der Waals surface area contributed by atoms with Gasteiger partial charge in [-0.05, 0) is 44.0 Å². The summed E-state index contributed by atoms with van der Waals surface area (Å²) in [7, 11) is 0. The largest absolute Gasteiger partial charge is 0.348 e. The molecule has 20 heavy (non-hydrogen) atoms. The topological polar surface area (TPSA) is 55.1 Å². The van der Waals surface area contributed by atoms with Crippen molar-refractivity contribution >= 4 is 29.3 Å². The number of hydrogen-bond donors (Lipinski definition) is 2. The number of rotatable bonds is 7. The lowest BCUT2D eigenvalue weighted by Crippen LogP contribution is -2.54. The van der Waals surface area contributed by atoms with Gasteiger partial charge in [0, 0.05) is 16.5 Å². The summed E-state index contributed by atoms with van der Waals surface area (Å²) in [5.41, 5.74) is 5.52. The van der Waals surface area contributed by atoms with Crippen LogP contribution in [-0.2, 0) is 4.79 Å². The molecular weight excluding hydrogens is 292 g/mol. The van der Waals surface area contributed by atoms with E-state index in [-0.39, 0.29) is 16.7 Å². The van der Waals surface area contributed by atoms with E-state index in [1.54, 1.807) is 0 Å². The lowest BCUT2D eigenvalue weighted by Gasteiger charge is -2.32. The second-order valence-electron chi connectivity index (χ2n) is 4.89. The molecule has 0 aromatic heterocycles. The summed E-state index contributed by atoms with van der Waals surface area (Å²) < 4.78 is 0. The summed E-state index contributed by atoms with van der Waals surface area (Å²) in [5.74, 6) is 0.0269. The van der Waals surface area contributed by atoms with Crippen LogP contribution in [0.4, 0.5) is 0 Å². The zero-order valence-corrected chi connectivity index (χ0v) is 13.9. The van der Waals surface area contributed by atoms with Gasteiger partial charge < -0.3 is 11.1 Å². The van der Waals surface area contributed by atoms with Gasteiger partial charge in [-0.1, -0.05) is 25.4 Å². The van der Waals surface area contributed by atoms with Crippen LogP contribution in [0, 0.1) is 0 Å². The van der Waals surface area contributed by atoms with Gasteiger partial charge in [0.1, 0.15) is 0 Å². The van der Waals surface area contributed by atoms with Crippen molar-refractivity contribution in [3.05, 3.63) is 29.3 Å². The van der Waals surface area contributed by atoms with Crippen LogP contribution in [0.5, 0.6) is 0 Å². The Balaban J connectivity index is 2.65. The van der Waals surface area contributed by atoms with Crippen LogP contribution in [-0.4, -0.2) is 23.2 Å². The van der Waals surface area contributed by atoms with Gasteiger partial charge in [0.2, 0.25) is 5.91 Å². The number of nitrogens with one attached hydrogen (secondary N) is 1. The Morgan fingerprint density at radius 3 is 2.35 bits per heavy atom. The Hall–Kier alpha value is -0.710. The Morgan fingerprint density at radius 2 is 1.90 bits per heavy atom. The molecule has 1 rings (SSSR count). The molecule has 0 bridgehead atoms. The third-order valence-electron chi connectivity index (χ3n) is 3.63. The molecule has 0 radical (unpaired) electrons. The highest BCUT2D eigenvalue weighted by atomic mass is 35.5. The van der Waals surface area contributed by atoms with Gasteiger partial charge in [0.15, 0.2) is 0 Å². The number of hydrogen-bond acceptors (Lipinski definition) is 3. The molecule has 1 atom stereocenters. The number of amides is 1. The normalized spacial score (nSPS) is 13.1. The molecule has 1 aromatic rings. The number of carbonyl (C=O) groups is 1. The first-order chi connectivity index (χ1) is 9.46. The van der Waals surface area contributed by atoms with Gasteiger partial charge in [-0.25, -0.2) is 0 Å². The average molecular weight is 315 g/mol. The maximum absolute atomic E-state index is 12.3. The van der Waals surface area contributed by atoms with Crippen molar-refractivity contribution in [2.24, 2.45) is 5.73 Å². The molecule has 0 fully saturated rings. The molecule has 1 amide bonds. The molecule has 5 heteroatoms. The summed E-state index contributed by atoms with van der Waals surface area (Å²) in [6.07, 6.45) is 1.67. The fraction of sp³-hybridized carbons (Fsp3) is 0.533. The minimum absolute atomic E-state index is 0.0269. The van der Waals surface area contributed by atoms with Crippen LogP contribution in [0.2, 0.25) is 5.02 Å². The molecule has 0 aliphatic heterocycles. The molecule has 0 saturated carbocycles. The fourth-order valence-corrected chi connectivity index (χ4v) is 2.89. The Kier molecular flexibility index (Phi) is 6.86. The predicted molar refractivity (Wildman–Crippen MR) is 87.3 cm³/mol. The molecule has 1 aromatic carbocycles. The minimum atomic E-state index is -0.286. The molecule has 0 saturated heterocycles. The first-order valence-electron chi connectivity index (χ1n) is 6.90. The van der Waals surface area contributed by atoms with Crippen molar-refractivity contribution in [1.82, 2.24) is 5.32 Å². The lowest BCUT2D eigenvalue weighted by atomic mass is 9.93. The quantitative estimate of drug-likeness (QED) is 0.758. The predicted octanol–water partition coefficient (Wildman–Crippen LogP) is 3.45. The highest BCUT2D eigenvalue weighted by Gasteiger charge is 2.28. The van der Waals surface area contributed by atoms with Crippen LogP contribution in [0.15, 0.2) is 29.2 Å². The average Bonchev–Trinajstić information content (AvgIpc) is 2.47. The first-order valence-corrected chi connectivity index (χ1v) is 8.16. The van der Waals surface area contributed by atoms with E-state index in [9.17, 15) is 4.79 Å². The van der Waals surface area contributed by atoms with Gasteiger partial charge >= 0.3 is 0 Å². The molecule has 0 spiro atoms. The van der Waals surface area contributed by atoms with Gasteiger partial charge in [0.05, 0.1) is 10.8 Å². The molecular formula is C15H23ClN2OS. The Bertz CT molecular complexity index is 424. The van der Waals surface area contributed by atoms with E-state index in [1.807, 2.05) is 45.0 Å². The van der Waals surface area contributed by atoms with Crippen LogP contribution >= 0.6 is 23.4 Å². The van der Waals surface area contributed by atoms with E-state index in [0.717, 1.165) is 17.7 Å². The number of carbonyl (C=O) groups excluding carboxylic acids is 1. The van der Waals surface area contributed by atoms with Crippen molar-refractivity contribution in [3.8, 4) is 0 Å². The lowest BCUT2D eigenvalue weighted by molar-refractivity contribution is -0.122. The maximum Gasteiger partial charge on any atom is 0.233 e. The summed E-state index contributed by atoms with van der Waals surface area (Å²) in [4.78, 5) is 13.3. The van der Waals surface area contributed by atoms with E-state index in [2.05, 4.69) is 5.32 Å². The molecule has 112 valence electrons. The van der Waals surface area contributed by atoms with Crippen LogP contribution in [0.25, 0.3) is 0 Å². The Labute approximate surface area is 130 Å². The number of halogens is 1. The number of nitrogens with two attached hydrogens (primary N) is 1. The number of benzene rings is 1. The maximum atomic E-state index is 12.3. The minimum Gasteiger partial charge on any atom is -0.348 e. The van der Waals surface area contributed by atoms with Gasteiger partial charge in [0.25, 0.3) is 0 Å².